The van der Waals surface area contributed by atoms with Crippen molar-refractivity contribution < 1.29 is 29.3 Å². The van der Waals surface area contributed by atoms with Gasteiger partial charge < -0.3 is 14.9 Å². The quantitative estimate of drug-likeness (QED) is 0.684. The third-order valence-electron chi connectivity index (χ3n) is 9.70. The zero-order valence-electron chi connectivity index (χ0n) is 18.0. The zero-order valence-corrected chi connectivity index (χ0v) is 18.0. The second kappa shape index (κ2) is 6.36. The molecule has 8 atom stereocenters. The van der Waals surface area contributed by atoms with Crippen LogP contribution >= 0.6 is 0 Å². The van der Waals surface area contributed by atoms with E-state index in [2.05, 4.69) is 6.92 Å². The van der Waals surface area contributed by atoms with Crippen LogP contribution in [0.4, 0.5) is 0 Å². The van der Waals surface area contributed by atoms with Crippen LogP contribution in [0.2, 0.25) is 0 Å². The molecule has 4 saturated carbocycles. The highest BCUT2D eigenvalue weighted by Gasteiger charge is 2.71. The minimum Gasteiger partial charge on any atom is -0.459 e. The molecule has 0 spiro atoms. The third-order valence-corrected chi connectivity index (χ3v) is 9.70. The van der Waals surface area contributed by atoms with E-state index in [0.717, 1.165) is 19.3 Å². The molecule has 0 bridgehead atoms. The Kier molecular flexibility index (Phi) is 4.60. The Hall–Kier alpha value is -1.27. The predicted octanol–water partition coefficient (Wildman–Crippen LogP) is 2.57. The summed E-state index contributed by atoms with van der Waals surface area (Å²) in [7, 11) is 0. The highest BCUT2D eigenvalue weighted by Crippen LogP contribution is 2.69. The van der Waals surface area contributed by atoms with Gasteiger partial charge in [0.05, 0.1) is 0 Å². The van der Waals surface area contributed by atoms with Crippen LogP contribution < -0.4 is 0 Å². The maximum absolute atomic E-state index is 12.4. The minimum absolute atomic E-state index is 0.0213. The Bertz CT molecular complexity index is 762. The topological polar surface area (TPSA) is 101 Å². The van der Waals surface area contributed by atoms with Gasteiger partial charge in [0.15, 0.2) is 5.78 Å². The van der Waals surface area contributed by atoms with Crippen molar-refractivity contribution in [2.24, 2.45) is 28.6 Å². The molecule has 0 saturated heterocycles. The molecule has 0 aliphatic heterocycles. The molecule has 0 heterocycles. The molecule has 4 aliphatic rings. The molecular formula is C23H34O6. The summed E-state index contributed by atoms with van der Waals surface area (Å²) < 4.78 is 5.64. The molecule has 0 aromatic carbocycles. The number of Topliss-reactive ketones (excluding diaryl/α,β-unsaturated/α-hetero) is 2. The molecule has 4 aliphatic carbocycles. The van der Waals surface area contributed by atoms with Crippen LogP contribution in [0.15, 0.2) is 0 Å². The third kappa shape index (κ3) is 2.57. The molecule has 4 fully saturated rings. The van der Waals surface area contributed by atoms with E-state index >= 15 is 0 Å². The van der Waals surface area contributed by atoms with Gasteiger partial charge in [0.25, 0.3) is 0 Å². The maximum atomic E-state index is 12.4. The van der Waals surface area contributed by atoms with Gasteiger partial charge >= 0.3 is 5.97 Å². The summed E-state index contributed by atoms with van der Waals surface area (Å²) in [4.78, 5) is 36.5. The monoisotopic (exact) mass is 406 g/mol. The van der Waals surface area contributed by atoms with E-state index in [1.165, 1.54) is 13.8 Å². The second-order valence-corrected chi connectivity index (χ2v) is 10.7. The molecular weight excluding hydrogens is 372 g/mol. The smallest absolute Gasteiger partial charge is 0.303 e. The van der Waals surface area contributed by atoms with Crippen molar-refractivity contribution in [3.63, 3.8) is 0 Å². The van der Waals surface area contributed by atoms with Crippen LogP contribution in [0.5, 0.6) is 0 Å². The summed E-state index contributed by atoms with van der Waals surface area (Å²) in [6.45, 7) is 6.92. The molecule has 0 aromatic heterocycles. The fourth-order valence-corrected chi connectivity index (χ4v) is 7.98. The fraction of sp³-hybridized carbons (Fsp3) is 0.870. The molecule has 0 aromatic rings. The van der Waals surface area contributed by atoms with Crippen LogP contribution in [-0.4, -0.2) is 45.1 Å². The van der Waals surface area contributed by atoms with E-state index in [-0.39, 0.29) is 35.7 Å². The number of ketones is 2. The first kappa shape index (κ1) is 21.0. The Morgan fingerprint density at radius 1 is 1.00 bits per heavy atom. The van der Waals surface area contributed by atoms with Crippen LogP contribution in [-0.2, 0) is 19.1 Å². The molecule has 2 N–H and O–H groups in total. The number of carbonyl (C=O) groups excluding carboxylic acids is 3. The molecule has 6 nitrogen and oxygen atoms in total. The van der Waals surface area contributed by atoms with Crippen molar-refractivity contribution in [1.29, 1.82) is 0 Å². The second-order valence-electron chi connectivity index (χ2n) is 10.7. The lowest BCUT2D eigenvalue weighted by Gasteiger charge is -2.65. The molecule has 4 rings (SSSR count). The summed E-state index contributed by atoms with van der Waals surface area (Å²) >= 11 is 0. The Morgan fingerprint density at radius 3 is 2.24 bits per heavy atom. The summed E-state index contributed by atoms with van der Waals surface area (Å²) in [5.74, 6) is -0.142. The lowest BCUT2D eigenvalue weighted by Crippen LogP contribution is -2.69. The summed E-state index contributed by atoms with van der Waals surface area (Å²) in [5.41, 5.74) is -3.69. The zero-order chi connectivity index (χ0) is 21.4. The first-order valence-electron chi connectivity index (χ1n) is 11.0. The van der Waals surface area contributed by atoms with Gasteiger partial charge in [0.1, 0.15) is 23.1 Å². The van der Waals surface area contributed by atoms with E-state index in [1.54, 1.807) is 0 Å². The average molecular weight is 407 g/mol. The van der Waals surface area contributed by atoms with Gasteiger partial charge in [-0.1, -0.05) is 13.8 Å². The number of hydrogen-bond donors (Lipinski definition) is 2. The standard InChI is InChI=1S/C23H34O6/c1-13(24)22(27)10-7-18-16-11-19(29-14(2)25)23(28)12-15(26)5-8-21(23,4)17(16)6-9-20(18,22)3/h16-19,27-28H,5-12H2,1-4H3/t16-,17+,18-,19+,20+,21+,22-,23-/m0/s1. The molecule has 0 amide bonds. The number of hydrogen-bond acceptors (Lipinski definition) is 6. The van der Waals surface area contributed by atoms with Crippen molar-refractivity contribution >= 4 is 17.5 Å². The van der Waals surface area contributed by atoms with Gasteiger partial charge in [-0.15, -0.1) is 0 Å². The SMILES string of the molecule is CC(=O)O[C@@H]1C[C@H]2[C@@H](CC[C@]3(C)[C@H]2CC[C@]3(O)C(C)=O)[C@@]2(C)CCC(=O)C[C@]12O. The summed E-state index contributed by atoms with van der Waals surface area (Å²) in [5, 5.41) is 23.0. The molecule has 0 radical (unpaired) electrons. The fourth-order valence-electron chi connectivity index (χ4n) is 7.98. The number of rotatable bonds is 2. The van der Waals surface area contributed by atoms with Gasteiger partial charge in [-0.3, -0.25) is 14.4 Å². The van der Waals surface area contributed by atoms with Gasteiger partial charge in [-0.25, -0.2) is 0 Å². The summed E-state index contributed by atoms with van der Waals surface area (Å²) in [6, 6.07) is 0. The van der Waals surface area contributed by atoms with Crippen molar-refractivity contribution in [2.75, 3.05) is 0 Å². The van der Waals surface area contributed by atoms with E-state index < -0.39 is 34.1 Å². The van der Waals surface area contributed by atoms with Crippen molar-refractivity contribution in [3.8, 4) is 0 Å². The van der Waals surface area contributed by atoms with Crippen LogP contribution in [0.25, 0.3) is 0 Å². The molecule has 6 heteroatoms. The number of fused-ring (bicyclic) bond motifs is 5. The van der Waals surface area contributed by atoms with Gasteiger partial charge in [0.2, 0.25) is 0 Å². The number of carbonyl (C=O) groups is 3. The van der Waals surface area contributed by atoms with Crippen LogP contribution in [0, 0.1) is 28.6 Å². The Balaban J connectivity index is 1.76. The predicted molar refractivity (Wildman–Crippen MR) is 105 cm³/mol. The lowest BCUT2D eigenvalue weighted by atomic mass is 9.42. The number of aliphatic hydroxyl groups is 2. The number of esters is 1. The largest absolute Gasteiger partial charge is 0.459 e. The molecule has 0 unspecified atom stereocenters. The van der Waals surface area contributed by atoms with Crippen molar-refractivity contribution in [3.05, 3.63) is 0 Å². The van der Waals surface area contributed by atoms with Crippen LogP contribution in [0.1, 0.15) is 79.1 Å². The highest BCUT2D eigenvalue weighted by atomic mass is 16.6. The Labute approximate surface area is 172 Å². The first-order chi connectivity index (χ1) is 13.4. The molecule has 29 heavy (non-hydrogen) atoms. The van der Waals surface area contributed by atoms with Gasteiger partial charge in [-0.05, 0) is 63.2 Å². The van der Waals surface area contributed by atoms with Crippen LogP contribution in [0.3, 0.4) is 0 Å². The van der Waals surface area contributed by atoms with E-state index in [1.807, 2.05) is 6.92 Å². The Morgan fingerprint density at radius 2 is 1.62 bits per heavy atom. The van der Waals surface area contributed by atoms with Gasteiger partial charge in [-0.2, -0.15) is 0 Å². The summed E-state index contributed by atoms with van der Waals surface area (Å²) in [6.07, 6.45) is 3.56. The van der Waals surface area contributed by atoms with Gasteiger partial charge in [0, 0.05) is 30.6 Å². The first-order valence-corrected chi connectivity index (χ1v) is 11.0. The lowest BCUT2D eigenvalue weighted by molar-refractivity contribution is -0.258. The number of ether oxygens (including phenoxy) is 1. The van der Waals surface area contributed by atoms with E-state index in [9.17, 15) is 24.6 Å². The van der Waals surface area contributed by atoms with Crippen molar-refractivity contribution in [1.82, 2.24) is 0 Å². The molecule has 162 valence electrons. The normalized spacial score (nSPS) is 51.6. The maximum Gasteiger partial charge on any atom is 0.303 e. The van der Waals surface area contributed by atoms with E-state index in [0.29, 0.717) is 25.7 Å². The van der Waals surface area contributed by atoms with E-state index in [4.69, 9.17) is 4.74 Å². The average Bonchev–Trinajstić information content (AvgIpc) is 2.90. The van der Waals surface area contributed by atoms with Crippen molar-refractivity contribution in [2.45, 2.75) is 96.4 Å². The minimum atomic E-state index is -1.35. The highest BCUT2D eigenvalue weighted by molar-refractivity contribution is 5.86.